The molecule has 0 bridgehead atoms. The molecule has 0 fully saturated rings. The van der Waals surface area contributed by atoms with Gasteiger partial charge in [-0.1, -0.05) is 52.3 Å². The molecule has 3 aromatic rings. The zero-order valence-electron chi connectivity index (χ0n) is 15.0. The van der Waals surface area contributed by atoms with E-state index >= 15 is 0 Å². The molecular weight excluding hydrogens is 502 g/mol. The number of carbonyl (C=O) groups excluding carboxylic acids is 3. The van der Waals surface area contributed by atoms with Gasteiger partial charge in [0.05, 0.1) is 16.8 Å². The first kappa shape index (κ1) is 21.0. The van der Waals surface area contributed by atoms with Gasteiger partial charge in [0, 0.05) is 14.5 Å². The number of benzene rings is 3. The molecule has 0 spiro atoms. The Kier molecular flexibility index (Phi) is 6.95. The van der Waals surface area contributed by atoms with Gasteiger partial charge in [0.2, 0.25) is 0 Å². The van der Waals surface area contributed by atoms with Crippen molar-refractivity contribution in [1.82, 2.24) is 0 Å². The fourth-order valence-corrected chi connectivity index (χ4v) is 3.26. The summed E-state index contributed by atoms with van der Waals surface area (Å²) in [7, 11) is 0. The molecule has 0 atom stereocenters. The van der Waals surface area contributed by atoms with E-state index in [9.17, 15) is 14.4 Å². The van der Waals surface area contributed by atoms with E-state index in [0.29, 0.717) is 21.3 Å². The highest BCUT2D eigenvalue weighted by Gasteiger charge is 2.18. The lowest BCUT2D eigenvalue weighted by atomic mass is 10.1. The van der Waals surface area contributed by atoms with Crippen molar-refractivity contribution in [3.05, 3.63) is 98.4 Å². The number of esters is 1. The minimum atomic E-state index is -0.696. The molecule has 5 nitrogen and oxygen atoms in total. The molecule has 0 saturated heterocycles. The molecule has 0 aliphatic heterocycles. The summed E-state index contributed by atoms with van der Waals surface area (Å²) in [5.41, 5.74) is 1.34. The Labute approximate surface area is 184 Å². The standard InChI is InChI=1S/C22H15Br2NO4/c23-15-11-9-14(10-12-15)20(26)13-29-22(28)17-6-2-4-8-19(17)25-21(27)16-5-1-3-7-18(16)24/h1-12H,13H2,(H,25,27). The number of para-hydroxylation sites is 1. The Bertz CT molecular complexity index is 1060. The second kappa shape index (κ2) is 9.62. The van der Waals surface area contributed by atoms with Gasteiger partial charge in [-0.2, -0.15) is 0 Å². The first-order valence-electron chi connectivity index (χ1n) is 8.56. The van der Waals surface area contributed by atoms with Crippen LogP contribution in [0.15, 0.2) is 81.7 Å². The molecule has 29 heavy (non-hydrogen) atoms. The van der Waals surface area contributed by atoms with Crippen LogP contribution in [0, 0.1) is 0 Å². The van der Waals surface area contributed by atoms with E-state index in [0.717, 1.165) is 4.47 Å². The van der Waals surface area contributed by atoms with Gasteiger partial charge in [-0.05, 0) is 52.3 Å². The molecule has 0 saturated carbocycles. The highest BCUT2D eigenvalue weighted by molar-refractivity contribution is 9.10. The van der Waals surface area contributed by atoms with E-state index in [2.05, 4.69) is 37.2 Å². The van der Waals surface area contributed by atoms with E-state index in [-0.39, 0.29) is 17.3 Å². The first-order chi connectivity index (χ1) is 14.0. The van der Waals surface area contributed by atoms with Crippen molar-refractivity contribution >= 4 is 55.2 Å². The number of halogens is 2. The second-order valence-electron chi connectivity index (χ2n) is 5.99. The summed E-state index contributed by atoms with van der Waals surface area (Å²) in [6, 6.07) is 20.2. The van der Waals surface area contributed by atoms with Crippen LogP contribution in [0.25, 0.3) is 0 Å². The van der Waals surface area contributed by atoms with Crippen molar-refractivity contribution in [3.63, 3.8) is 0 Å². The van der Waals surface area contributed by atoms with Crippen LogP contribution in [-0.4, -0.2) is 24.3 Å². The minimum Gasteiger partial charge on any atom is -0.454 e. The predicted octanol–water partition coefficient (Wildman–Crippen LogP) is 5.50. The summed E-state index contributed by atoms with van der Waals surface area (Å²) >= 11 is 6.63. The number of amides is 1. The Balaban J connectivity index is 1.70. The van der Waals surface area contributed by atoms with E-state index in [1.165, 1.54) is 6.07 Å². The van der Waals surface area contributed by atoms with E-state index in [1.54, 1.807) is 66.7 Å². The number of hydrogen-bond acceptors (Lipinski definition) is 4. The molecule has 1 N–H and O–H groups in total. The van der Waals surface area contributed by atoms with Gasteiger partial charge >= 0.3 is 5.97 Å². The fourth-order valence-electron chi connectivity index (χ4n) is 2.53. The third-order valence-corrected chi connectivity index (χ3v) is 5.23. The Hall–Kier alpha value is -2.77. The highest BCUT2D eigenvalue weighted by Crippen LogP contribution is 2.21. The average Bonchev–Trinajstić information content (AvgIpc) is 2.73. The van der Waals surface area contributed by atoms with Crippen LogP contribution >= 0.6 is 31.9 Å². The number of anilines is 1. The third kappa shape index (κ3) is 5.40. The van der Waals surface area contributed by atoms with Crippen molar-refractivity contribution in [2.75, 3.05) is 11.9 Å². The lowest BCUT2D eigenvalue weighted by Crippen LogP contribution is -2.18. The van der Waals surface area contributed by atoms with Gasteiger partial charge in [-0.3, -0.25) is 9.59 Å². The normalized spacial score (nSPS) is 10.3. The number of hydrogen-bond donors (Lipinski definition) is 1. The number of nitrogens with one attached hydrogen (secondary N) is 1. The fraction of sp³-hybridized carbons (Fsp3) is 0.0455. The largest absolute Gasteiger partial charge is 0.454 e. The SMILES string of the molecule is O=C(COC(=O)c1ccccc1NC(=O)c1ccccc1Br)c1ccc(Br)cc1. The molecule has 0 radical (unpaired) electrons. The van der Waals surface area contributed by atoms with Crippen molar-refractivity contribution in [1.29, 1.82) is 0 Å². The summed E-state index contributed by atoms with van der Waals surface area (Å²) in [6.45, 7) is -0.396. The third-order valence-electron chi connectivity index (χ3n) is 4.01. The Morgan fingerprint density at radius 2 is 1.41 bits per heavy atom. The monoisotopic (exact) mass is 515 g/mol. The number of ether oxygens (including phenoxy) is 1. The molecule has 0 unspecified atom stereocenters. The topological polar surface area (TPSA) is 72.5 Å². The number of rotatable bonds is 6. The molecule has 0 aliphatic carbocycles. The van der Waals surface area contributed by atoms with Gasteiger partial charge in [-0.25, -0.2) is 4.79 Å². The molecule has 3 rings (SSSR count). The Morgan fingerprint density at radius 1 is 0.793 bits per heavy atom. The smallest absolute Gasteiger partial charge is 0.340 e. The summed E-state index contributed by atoms with van der Waals surface area (Å²) in [5, 5.41) is 2.71. The van der Waals surface area contributed by atoms with Crippen molar-refractivity contribution in [2.24, 2.45) is 0 Å². The molecule has 146 valence electrons. The van der Waals surface area contributed by atoms with Crippen molar-refractivity contribution in [2.45, 2.75) is 0 Å². The van der Waals surface area contributed by atoms with Crippen molar-refractivity contribution < 1.29 is 19.1 Å². The van der Waals surface area contributed by atoms with Crippen molar-refractivity contribution in [3.8, 4) is 0 Å². The first-order valence-corrected chi connectivity index (χ1v) is 10.1. The van der Waals surface area contributed by atoms with Crippen LogP contribution < -0.4 is 5.32 Å². The zero-order valence-corrected chi connectivity index (χ0v) is 18.2. The molecular formula is C22H15Br2NO4. The van der Waals surface area contributed by atoms with Gasteiger partial charge in [0.15, 0.2) is 12.4 Å². The lowest BCUT2D eigenvalue weighted by molar-refractivity contribution is 0.0475. The van der Waals surface area contributed by atoms with Gasteiger partial charge in [-0.15, -0.1) is 0 Å². The summed E-state index contributed by atoms with van der Waals surface area (Å²) in [5.74, 6) is -1.39. The molecule has 7 heteroatoms. The summed E-state index contributed by atoms with van der Waals surface area (Å²) < 4.78 is 6.65. The maximum Gasteiger partial charge on any atom is 0.340 e. The van der Waals surface area contributed by atoms with Gasteiger partial charge in [0.25, 0.3) is 5.91 Å². The Morgan fingerprint density at radius 3 is 2.10 bits per heavy atom. The number of Topliss-reactive ketones (excluding diaryl/α,β-unsaturated/α-hetero) is 1. The van der Waals surface area contributed by atoms with E-state index in [1.807, 2.05) is 0 Å². The maximum absolute atomic E-state index is 12.5. The average molecular weight is 517 g/mol. The van der Waals surface area contributed by atoms with Crippen LogP contribution in [0.4, 0.5) is 5.69 Å². The predicted molar refractivity (Wildman–Crippen MR) is 117 cm³/mol. The minimum absolute atomic E-state index is 0.163. The molecule has 1 amide bonds. The maximum atomic E-state index is 12.5. The lowest BCUT2D eigenvalue weighted by Gasteiger charge is -2.11. The highest BCUT2D eigenvalue weighted by atomic mass is 79.9. The molecule has 0 heterocycles. The number of carbonyl (C=O) groups is 3. The van der Waals surface area contributed by atoms with Gasteiger partial charge < -0.3 is 10.1 Å². The second-order valence-corrected chi connectivity index (χ2v) is 7.76. The van der Waals surface area contributed by atoms with Gasteiger partial charge in [0.1, 0.15) is 0 Å². The molecule has 3 aromatic carbocycles. The summed E-state index contributed by atoms with van der Waals surface area (Å²) in [4.78, 5) is 37.2. The van der Waals surface area contributed by atoms with E-state index in [4.69, 9.17) is 4.74 Å². The molecule has 0 aliphatic rings. The van der Waals surface area contributed by atoms with Crippen LogP contribution in [0.2, 0.25) is 0 Å². The van der Waals surface area contributed by atoms with E-state index < -0.39 is 12.6 Å². The van der Waals surface area contributed by atoms with Crippen LogP contribution in [-0.2, 0) is 4.74 Å². The summed E-state index contributed by atoms with van der Waals surface area (Å²) in [6.07, 6.45) is 0. The molecule has 0 aromatic heterocycles. The quantitative estimate of drug-likeness (QED) is 0.346. The van der Waals surface area contributed by atoms with Crippen LogP contribution in [0.5, 0.6) is 0 Å². The van der Waals surface area contributed by atoms with Crippen LogP contribution in [0.3, 0.4) is 0 Å². The number of ketones is 1. The van der Waals surface area contributed by atoms with Crippen LogP contribution in [0.1, 0.15) is 31.1 Å². The zero-order chi connectivity index (χ0) is 20.8.